The molecule has 9 heteroatoms. The van der Waals surface area contributed by atoms with Gasteiger partial charge in [-0.05, 0) is 17.9 Å². The number of rotatable bonds is 8. The van der Waals surface area contributed by atoms with Gasteiger partial charge in [-0.2, -0.15) is 0 Å². The molecule has 7 nitrogen and oxygen atoms in total. The van der Waals surface area contributed by atoms with Crippen LogP contribution in [0.2, 0.25) is 0 Å². The first-order valence-corrected chi connectivity index (χ1v) is 9.55. The van der Waals surface area contributed by atoms with E-state index in [9.17, 15) is 14.4 Å². The number of carbonyl (C=O) groups excluding carboxylic acids is 3. The Balaban J connectivity index is 1.84. The van der Waals surface area contributed by atoms with Crippen LogP contribution in [-0.4, -0.2) is 47.7 Å². The van der Waals surface area contributed by atoms with E-state index in [1.165, 1.54) is 27.6 Å². The van der Waals surface area contributed by atoms with Crippen LogP contribution in [0.1, 0.15) is 28.7 Å². The topological polar surface area (TPSA) is 91.4 Å². The summed E-state index contributed by atoms with van der Waals surface area (Å²) in [5, 5.41) is 9.45. The van der Waals surface area contributed by atoms with Crippen molar-refractivity contribution in [2.24, 2.45) is 0 Å². The summed E-state index contributed by atoms with van der Waals surface area (Å²) in [6.45, 7) is 2.58. The van der Waals surface area contributed by atoms with E-state index in [1.807, 2.05) is 12.3 Å². The van der Waals surface area contributed by atoms with E-state index < -0.39 is 0 Å². The van der Waals surface area contributed by atoms with Gasteiger partial charge in [0.05, 0.1) is 23.5 Å². The molecule has 25 heavy (non-hydrogen) atoms. The zero-order chi connectivity index (χ0) is 18.2. The van der Waals surface area contributed by atoms with Gasteiger partial charge in [0.25, 0.3) is 5.91 Å². The molecule has 0 aliphatic rings. The lowest BCUT2D eigenvalue weighted by Gasteiger charge is -2.16. The molecule has 0 spiro atoms. The number of amides is 3. The predicted octanol–water partition coefficient (Wildman–Crippen LogP) is 1.98. The van der Waals surface area contributed by atoms with Gasteiger partial charge in [-0.3, -0.25) is 19.7 Å². The van der Waals surface area contributed by atoms with Crippen LogP contribution in [0.3, 0.4) is 0 Å². The van der Waals surface area contributed by atoms with Crippen molar-refractivity contribution in [1.82, 2.24) is 15.2 Å². The molecule has 134 valence electrons. The van der Waals surface area contributed by atoms with E-state index in [0.29, 0.717) is 22.2 Å². The first kappa shape index (κ1) is 19.1. The molecule has 2 N–H and O–H groups in total. The summed E-state index contributed by atoms with van der Waals surface area (Å²) < 4.78 is 0. The number of anilines is 1. The first-order valence-electron chi connectivity index (χ1n) is 7.79. The number of nitrogens with one attached hydrogen (secondary N) is 2. The molecule has 0 aromatic carbocycles. The van der Waals surface area contributed by atoms with E-state index >= 15 is 0 Å². The molecule has 2 rings (SSSR count). The van der Waals surface area contributed by atoms with Crippen molar-refractivity contribution >= 4 is 45.5 Å². The summed E-state index contributed by atoms with van der Waals surface area (Å²) in [6.07, 6.45) is 0.936. The molecule has 0 aliphatic carbocycles. The number of aromatic nitrogens is 1. The van der Waals surface area contributed by atoms with Gasteiger partial charge < -0.3 is 10.2 Å². The van der Waals surface area contributed by atoms with Gasteiger partial charge in [-0.15, -0.1) is 22.7 Å². The lowest BCUT2D eigenvalue weighted by atomic mass is 10.3. The highest BCUT2D eigenvalue weighted by molar-refractivity contribution is 7.14. The monoisotopic (exact) mass is 380 g/mol. The molecule has 0 saturated carbocycles. The molecule has 0 atom stereocenters. The van der Waals surface area contributed by atoms with Crippen LogP contribution in [0.25, 0.3) is 0 Å². The van der Waals surface area contributed by atoms with Gasteiger partial charge in [0.2, 0.25) is 11.8 Å². The maximum Gasteiger partial charge on any atom is 0.267 e. The number of likely N-dealkylation sites (N-methyl/N-ethyl adjacent to an activating group) is 1. The molecular weight excluding hydrogens is 360 g/mol. The summed E-state index contributed by atoms with van der Waals surface area (Å²) in [7, 11) is 1.58. The minimum Gasteiger partial charge on any atom is -0.355 e. The molecule has 2 heterocycles. The molecule has 0 fully saturated rings. The molecule has 0 unspecified atom stereocenters. The van der Waals surface area contributed by atoms with Gasteiger partial charge in [-0.1, -0.05) is 13.0 Å². The van der Waals surface area contributed by atoms with Gasteiger partial charge in [0.15, 0.2) is 5.13 Å². The number of carbonyl (C=O) groups is 3. The van der Waals surface area contributed by atoms with Crippen LogP contribution < -0.4 is 10.6 Å². The summed E-state index contributed by atoms with van der Waals surface area (Å²) in [5.74, 6) is -0.597. The molecule has 0 radical (unpaired) electrons. The van der Waals surface area contributed by atoms with E-state index in [-0.39, 0.29) is 30.7 Å². The lowest BCUT2D eigenvalue weighted by molar-refractivity contribution is -0.134. The standard InChI is InChI=1S/C16H20N4O3S2/c1-3-6-17-13(21)9-20(2)14(22)8-11-10-25-16(18-11)19-15(23)12-5-4-7-24-12/h4-5,7,10H,3,6,8-9H2,1-2H3,(H,17,21)(H,18,19,23). The second-order valence-electron chi connectivity index (χ2n) is 5.35. The van der Waals surface area contributed by atoms with Gasteiger partial charge in [-0.25, -0.2) is 4.98 Å². The highest BCUT2D eigenvalue weighted by Crippen LogP contribution is 2.18. The van der Waals surface area contributed by atoms with Crippen molar-refractivity contribution in [1.29, 1.82) is 0 Å². The molecule has 0 saturated heterocycles. The number of nitrogens with zero attached hydrogens (tertiary/aromatic N) is 2. The summed E-state index contributed by atoms with van der Waals surface area (Å²) in [5.41, 5.74) is 0.567. The van der Waals surface area contributed by atoms with E-state index in [2.05, 4.69) is 15.6 Å². The second-order valence-corrected chi connectivity index (χ2v) is 7.16. The van der Waals surface area contributed by atoms with Crippen LogP contribution in [-0.2, 0) is 16.0 Å². The highest BCUT2D eigenvalue weighted by Gasteiger charge is 2.16. The molecule has 2 aromatic heterocycles. The Hall–Kier alpha value is -2.26. The second kappa shape index (κ2) is 9.28. The third kappa shape index (κ3) is 5.95. The molecule has 0 aliphatic heterocycles. The summed E-state index contributed by atoms with van der Waals surface area (Å²) in [4.78, 5) is 42.0. The van der Waals surface area contributed by atoms with Crippen molar-refractivity contribution in [2.75, 3.05) is 25.5 Å². The van der Waals surface area contributed by atoms with E-state index in [4.69, 9.17) is 0 Å². The van der Waals surface area contributed by atoms with Gasteiger partial charge in [0.1, 0.15) is 0 Å². The smallest absolute Gasteiger partial charge is 0.267 e. The van der Waals surface area contributed by atoms with Crippen LogP contribution >= 0.6 is 22.7 Å². The first-order chi connectivity index (χ1) is 12.0. The van der Waals surface area contributed by atoms with Crippen LogP contribution in [0.4, 0.5) is 5.13 Å². The average Bonchev–Trinajstić information content (AvgIpc) is 3.24. The van der Waals surface area contributed by atoms with E-state index in [1.54, 1.807) is 24.6 Å². The van der Waals surface area contributed by atoms with Crippen molar-refractivity contribution < 1.29 is 14.4 Å². The Morgan fingerprint density at radius 3 is 2.76 bits per heavy atom. The third-order valence-corrected chi connectivity index (χ3v) is 4.90. The fourth-order valence-electron chi connectivity index (χ4n) is 1.93. The maximum absolute atomic E-state index is 12.2. The number of hydrogen-bond donors (Lipinski definition) is 2. The van der Waals surface area contributed by atoms with Gasteiger partial charge >= 0.3 is 0 Å². The normalized spacial score (nSPS) is 10.3. The van der Waals surface area contributed by atoms with Crippen molar-refractivity contribution in [3.05, 3.63) is 33.5 Å². The zero-order valence-corrected chi connectivity index (χ0v) is 15.7. The summed E-state index contributed by atoms with van der Waals surface area (Å²) >= 11 is 2.61. The number of hydrogen-bond acceptors (Lipinski definition) is 6. The minimum atomic E-state index is -0.216. The Bertz CT molecular complexity index is 728. The van der Waals surface area contributed by atoms with Crippen molar-refractivity contribution in [3.8, 4) is 0 Å². The third-order valence-electron chi connectivity index (χ3n) is 3.23. The fourth-order valence-corrected chi connectivity index (χ4v) is 3.25. The average molecular weight is 380 g/mol. The van der Waals surface area contributed by atoms with Crippen LogP contribution in [0.5, 0.6) is 0 Å². The largest absolute Gasteiger partial charge is 0.355 e. The van der Waals surface area contributed by atoms with Crippen LogP contribution in [0.15, 0.2) is 22.9 Å². The summed E-state index contributed by atoms with van der Waals surface area (Å²) in [6, 6.07) is 3.54. The van der Waals surface area contributed by atoms with E-state index in [0.717, 1.165) is 6.42 Å². The Labute approximate surface area is 154 Å². The van der Waals surface area contributed by atoms with Crippen LogP contribution in [0, 0.1) is 0 Å². The quantitative estimate of drug-likeness (QED) is 0.733. The molecule has 2 aromatic rings. The molecule has 0 bridgehead atoms. The maximum atomic E-state index is 12.2. The number of thiophene rings is 1. The fraction of sp³-hybridized carbons (Fsp3) is 0.375. The SMILES string of the molecule is CCCNC(=O)CN(C)C(=O)Cc1csc(NC(=O)c2cccs2)n1. The highest BCUT2D eigenvalue weighted by atomic mass is 32.1. The molecular formula is C16H20N4O3S2. The Kier molecular flexibility index (Phi) is 7.08. The Morgan fingerprint density at radius 2 is 2.08 bits per heavy atom. The minimum absolute atomic E-state index is 0.0188. The Morgan fingerprint density at radius 1 is 1.28 bits per heavy atom. The zero-order valence-electron chi connectivity index (χ0n) is 14.1. The van der Waals surface area contributed by atoms with Crippen molar-refractivity contribution in [3.63, 3.8) is 0 Å². The molecule has 3 amide bonds. The predicted molar refractivity (Wildman–Crippen MR) is 99.0 cm³/mol. The van der Waals surface area contributed by atoms with Crippen molar-refractivity contribution in [2.45, 2.75) is 19.8 Å². The van der Waals surface area contributed by atoms with Gasteiger partial charge in [0, 0.05) is 19.0 Å². The number of thiazole rings is 1. The lowest BCUT2D eigenvalue weighted by Crippen LogP contribution is -2.39.